The zero-order chi connectivity index (χ0) is 15.6. The van der Waals surface area contributed by atoms with Crippen LogP contribution in [0.3, 0.4) is 0 Å². The van der Waals surface area contributed by atoms with E-state index in [1.165, 1.54) is 0 Å². The summed E-state index contributed by atoms with van der Waals surface area (Å²) in [7, 11) is 1.63. The highest BCUT2D eigenvalue weighted by Gasteiger charge is 2.32. The lowest BCUT2D eigenvalue weighted by atomic mass is 9.95. The predicted octanol–water partition coefficient (Wildman–Crippen LogP) is 2.86. The van der Waals surface area contributed by atoms with Gasteiger partial charge < -0.3 is 14.8 Å². The van der Waals surface area contributed by atoms with E-state index in [1.807, 2.05) is 39.0 Å². The Balaban J connectivity index is 0.000000774. The van der Waals surface area contributed by atoms with E-state index in [1.54, 1.807) is 7.11 Å². The highest BCUT2D eigenvalue weighted by Crippen LogP contribution is 2.33. The second-order valence-electron chi connectivity index (χ2n) is 4.97. The summed E-state index contributed by atoms with van der Waals surface area (Å²) in [5.41, 5.74) is 2.79. The number of fused-ring (bicyclic) bond motifs is 3. The number of aromatic nitrogens is 1. The van der Waals surface area contributed by atoms with Crippen LogP contribution in [-0.2, 0) is 11.2 Å². The molecule has 5 nitrogen and oxygen atoms in total. The third-order valence-electron chi connectivity index (χ3n) is 3.64. The molecule has 3 N–H and O–H groups in total. The second kappa shape index (κ2) is 6.18. The molecule has 0 amide bonds. The van der Waals surface area contributed by atoms with Crippen LogP contribution >= 0.6 is 0 Å². The Labute approximate surface area is 124 Å². The molecule has 2 unspecified atom stereocenters. The summed E-state index contributed by atoms with van der Waals surface area (Å²) in [6, 6.07) is 5.23. The van der Waals surface area contributed by atoms with Gasteiger partial charge in [0.25, 0.3) is 0 Å². The van der Waals surface area contributed by atoms with E-state index >= 15 is 0 Å². The van der Waals surface area contributed by atoms with Crippen LogP contribution in [0.2, 0.25) is 0 Å². The molecule has 1 aliphatic heterocycles. The summed E-state index contributed by atoms with van der Waals surface area (Å²) < 4.78 is 5.24. The van der Waals surface area contributed by atoms with Crippen molar-refractivity contribution in [3.05, 3.63) is 29.5 Å². The van der Waals surface area contributed by atoms with Crippen LogP contribution in [0.25, 0.3) is 10.9 Å². The lowest BCUT2D eigenvalue weighted by Gasteiger charge is -2.26. The molecule has 2 aromatic rings. The molecule has 21 heavy (non-hydrogen) atoms. The topological polar surface area (TPSA) is 74.3 Å². The van der Waals surface area contributed by atoms with E-state index < -0.39 is 12.0 Å². The van der Waals surface area contributed by atoms with E-state index in [9.17, 15) is 9.90 Å². The monoisotopic (exact) mass is 290 g/mol. The Bertz CT molecular complexity index is 648. The summed E-state index contributed by atoms with van der Waals surface area (Å²) in [6.45, 7) is 6.00. The third kappa shape index (κ3) is 2.74. The van der Waals surface area contributed by atoms with Gasteiger partial charge in [-0.1, -0.05) is 13.8 Å². The van der Waals surface area contributed by atoms with Crippen LogP contribution in [0.5, 0.6) is 5.75 Å². The van der Waals surface area contributed by atoms with Gasteiger partial charge in [-0.25, -0.2) is 0 Å². The molecule has 3 rings (SSSR count). The van der Waals surface area contributed by atoms with Gasteiger partial charge in [0.2, 0.25) is 0 Å². The number of hydrogen-bond donors (Lipinski definition) is 3. The zero-order valence-electron chi connectivity index (χ0n) is 12.9. The van der Waals surface area contributed by atoms with Crippen LogP contribution in [0.4, 0.5) is 0 Å². The number of aliphatic carboxylic acids is 1. The molecule has 0 saturated heterocycles. The number of carbonyl (C=O) groups is 1. The van der Waals surface area contributed by atoms with Crippen molar-refractivity contribution in [2.45, 2.75) is 39.3 Å². The molecule has 0 saturated carbocycles. The maximum atomic E-state index is 11.4. The number of aromatic amines is 1. The minimum Gasteiger partial charge on any atom is -0.497 e. The highest BCUT2D eigenvalue weighted by atomic mass is 16.5. The van der Waals surface area contributed by atoms with Crippen LogP contribution in [0, 0.1) is 0 Å². The van der Waals surface area contributed by atoms with E-state index in [4.69, 9.17) is 4.74 Å². The van der Waals surface area contributed by atoms with Gasteiger partial charge in [0.15, 0.2) is 0 Å². The van der Waals surface area contributed by atoms with E-state index in [0.29, 0.717) is 0 Å². The van der Waals surface area contributed by atoms with Crippen molar-refractivity contribution in [3.8, 4) is 5.75 Å². The molecule has 1 aliphatic rings. The first-order valence-corrected chi connectivity index (χ1v) is 7.27. The van der Waals surface area contributed by atoms with Crippen molar-refractivity contribution in [1.29, 1.82) is 0 Å². The van der Waals surface area contributed by atoms with E-state index in [-0.39, 0.29) is 6.04 Å². The van der Waals surface area contributed by atoms with Gasteiger partial charge >= 0.3 is 5.97 Å². The number of benzene rings is 1. The van der Waals surface area contributed by atoms with E-state index in [0.717, 1.165) is 34.3 Å². The fourth-order valence-corrected chi connectivity index (χ4v) is 2.77. The van der Waals surface area contributed by atoms with E-state index in [2.05, 4.69) is 10.3 Å². The Kier molecular flexibility index (Phi) is 4.53. The molecule has 5 heteroatoms. The van der Waals surface area contributed by atoms with Gasteiger partial charge in [-0.2, -0.15) is 0 Å². The molecule has 1 aromatic carbocycles. The van der Waals surface area contributed by atoms with Gasteiger partial charge in [-0.05, 0) is 37.1 Å². The molecular formula is C16H22N2O3. The molecule has 0 radical (unpaired) electrons. The standard InChI is InChI=1S/C14H16N2O3.C2H6/c1-7-5-10-9-6-8(19-2)3-4-11(9)16-12(10)13(15-7)14(17)18;1-2/h3-4,6-7,13,15-16H,5H2,1-2H3,(H,17,18);1-2H3. The molecule has 0 spiro atoms. The Morgan fingerprint density at radius 3 is 2.71 bits per heavy atom. The van der Waals surface area contributed by atoms with Crippen molar-refractivity contribution < 1.29 is 14.6 Å². The number of H-pyrrole nitrogens is 1. The van der Waals surface area contributed by atoms with Crippen LogP contribution in [-0.4, -0.2) is 29.2 Å². The maximum absolute atomic E-state index is 11.4. The van der Waals surface area contributed by atoms with Crippen LogP contribution in [0.15, 0.2) is 18.2 Å². The summed E-state index contributed by atoms with van der Waals surface area (Å²) in [6.07, 6.45) is 0.812. The van der Waals surface area contributed by atoms with Gasteiger partial charge in [0, 0.05) is 22.6 Å². The Morgan fingerprint density at radius 1 is 1.38 bits per heavy atom. The Morgan fingerprint density at radius 2 is 2.10 bits per heavy atom. The number of ether oxygens (including phenoxy) is 1. The average Bonchev–Trinajstić information content (AvgIpc) is 2.86. The fraction of sp³-hybridized carbons (Fsp3) is 0.438. The predicted molar refractivity (Wildman–Crippen MR) is 82.9 cm³/mol. The lowest BCUT2D eigenvalue weighted by molar-refractivity contribution is -0.140. The zero-order valence-corrected chi connectivity index (χ0v) is 12.9. The van der Waals surface area contributed by atoms with Crippen molar-refractivity contribution in [2.75, 3.05) is 7.11 Å². The normalized spacial score (nSPS) is 20.4. The fourth-order valence-electron chi connectivity index (χ4n) is 2.77. The van der Waals surface area contributed by atoms with Gasteiger partial charge in [-0.3, -0.25) is 10.1 Å². The summed E-state index contributed by atoms with van der Waals surface area (Å²) in [5.74, 6) is -0.0707. The first kappa shape index (κ1) is 15.4. The van der Waals surface area contributed by atoms with Crippen molar-refractivity contribution >= 4 is 16.9 Å². The average molecular weight is 290 g/mol. The Hall–Kier alpha value is -2.01. The summed E-state index contributed by atoms with van der Waals surface area (Å²) in [5, 5.41) is 13.5. The first-order valence-electron chi connectivity index (χ1n) is 7.27. The largest absolute Gasteiger partial charge is 0.497 e. The molecule has 0 bridgehead atoms. The van der Waals surface area contributed by atoms with Crippen molar-refractivity contribution in [2.24, 2.45) is 0 Å². The number of nitrogens with one attached hydrogen (secondary N) is 2. The highest BCUT2D eigenvalue weighted by molar-refractivity contribution is 5.89. The molecule has 1 aromatic heterocycles. The minimum absolute atomic E-state index is 0.138. The quantitative estimate of drug-likeness (QED) is 0.795. The van der Waals surface area contributed by atoms with Gasteiger partial charge in [0.05, 0.1) is 7.11 Å². The summed E-state index contributed by atoms with van der Waals surface area (Å²) >= 11 is 0. The number of carboxylic acid groups (broad SMARTS) is 1. The smallest absolute Gasteiger partial charge is 0.326 e. The molecule has 2 atom stereocenters. The maximum Gasteiger partial charge on any atom is 0.326 e. The number of hydrogen-bond acceptors (Lipinski definition) is 3. The lowest BCUT2D eigenvalue weighted by Crippen LogP contribution is -2.41. The minimum atomic E-state index is -0.855. The van der Waals surface area contributed by atoms with Crippen molar-refractivity contribution in [1.82, 2.24) is 10.3 Å². The molecule has 2 heterocycles. The number of carboxylic acids is 1. The van der Waals surface area contributed by atoms with Crippen molar-refractivity contribution in [3.63, 3.8) is 0 Å². The molecule has 0 aliphatic carbocycles. The molecule has 0 fully saturated rings. The SMILES string of the molecule is CC.COc1ccc2[nH]c3c(c2c1)CC(C)NC3C(=O)O. The second-order valence-corrected chi connectivity index (χ2v) is 4.97. The van der Waals surface area contributed by atoms with Crippen LogP contribution < -0.4 is 10.1 Å². The third-order valence-corrected chi connectivity index (χ3v) is 3.64. The van der Waals surface area contributed by atoms with Gasteiger partial charge in [-0.15, -0.1) is 0 Å². The summed E-state index contributed by atoms with van der Waals surface area (Å²) in [4.78, 5) is 14.6. The molecular weight excluding hydrogens is 268 g/mol. The van der Waals surface area contributed by atoms with Gasteiger partial charge in [0.1, 0.15) is 11.8 Å². The first-order chi connectivity index (χ1) is 10.1. The van der Waals surface area contributed by atoms with Crippen LogP contribution in [0.1, 0.15) is 38.1 Å². The number of rotatable bonds is 2. The number of methoxy groups -OCH3 is 1. The molecule has 114 valence electrons.